The highest BCUT2D eigenvalue weighted by molar-refractivity contribution is 5.77. The lowest BCUT2D eigenvalue weighted by molar-refractivity contribution is -0.122. The number of nitrogens with zero attached hydrogens (tertiary/aromatic N) is 1. The minimum Gasteiger partial charge on any atom is -0.345 e. The Balaban J connectivity index is 1.71. The number of aryl methyl sites for hydroxylation is 1. The summed E-state index contributed by atoms with van der Waals surface area (Å²) < 4.78 is 0. The monoisotopic (exact) mass is 336 g/mol. The molecule has 25 heavy (non-hydrogen) atoms. The van der Waals surface area contributed by atoms with Gasteiger partial charge in [0, 0.05) is 6.42 Å². The Hall–Kier alpha value is -2.13. The molecule has 1 aliphatic rings. The zero-order chi connectivity index (χ0) is 17.6. The highest BCUT2D eigenvalue weighted by Gasteiger charge is 2.22. The van der Waals surface area contributed by atoms with E-state index in [1.807, 2.05) is 18.2 Å². The van der Waals surface area contributed by atoms with Gasteiger partial charge < -0.3 is 10.2 Å². The molecular formula is C22H28N2O. The molecule has 1 heterocycles. The van der Waals surface area contributed by atoms with Crippen molar-refractivity contribution < 1.29 is 4.79 Å². The van der Waals surface area contributed by atoms with E-state index < -0.39 is 0 Å². The Kier molecular flexibility index (Phi) is 5.87. The molecule has 0 spiro atoms. The number of benzene rings is 2. The highest BCUT2D eigenvalue weighted by atomic mass is 16.1. The summed E-state index contributed by atoms with van der Waals surface area (Å²) in [5, 5.41) is 3.28. The van der Waals surface area contributed by atoms with Gasteiger partial charge in [0.2, 0.25) is 5.91 Å². The minimum atomic E-state index is -0.0828. The molecule has 0 unspecified atom stereocenters. The highest BCUT2D eigenvalue weighted by Crippen LogP contribution is 2.24. The van der Waals surface area contributed by atoms with E-state index in [1.165, 1.54) is 5.56 Å². The van der Waals surface area contributed by atoms with Crippen LogP contribution in [0.25, 0.3) is 0 Å². The van der Waals surface area contributed by atoms with Crippen molar-refractivity contribution in [3.63, 3.8) is 0 Å². The maximum absolute atomic E-state index is 12.7. The summed E-state index contributed by atoms with van der Waals surface area (Å²) in [6, 6.07) is 18.6. The van der Waals surface area contributed by atoms with Gasteiger partial charge >= 0.3 is 0 Å². The van der Waals surface area contributed by atoms with Crippen LogP contribution in [0.5, 0.6) is 0 Å². The van der Waals surface area contributed by atoms with Crippen molar-refractivity contribution in [3.8, 4) is 0 Å². The predicted molar refractivity (Wildman–Crippen MR) is 102 cm³/mol. The zero-order valence-corrected chi connectivity index (χ0v) is 15.2. The Morgan fingerprint density at radius 1 is 1.04 bits per heavy atom. The molecular weight excluding hydrogens is 308 g/mol. The summed E-state index contributed by atoms with van der Waals surface area (Å²) in [7, 11) is 2.15. The molecule has 2 aromatic rings. The maximum Gasteiger partial charge on any atom is 0.221 e. The van der Waals surface area contributed by atoms with Crippen molar-refractivity contribution >= 4 is 5.91 Å². The smallest absolute Gasteiger partial charge is 0.221 e. The lowest BCUT2D eigenvalue weighted by Crippen LogP contribution is -2.35. The first kappa shape index (κ1) is 17.7. The van der Waals surface area contributed by atoms with Gasteiger partial charge in [0.1, 0.15) is 0 Å². The number of amides is 1. The molecule has 1 saturated heterocycles. The van der Waals surface area contributed by atoms with Gasteiger partial charge in [-0.25, -0.2) is 0 Å². The van der Waals surface area contributed by atoms with Gasteiger partial charge in [-0.3, -0.25) is 4.79 Å². The van der Waals surface area contributed by atoms with Crippen LogP contribution in [-0.2, 0) is 4.79 Å². The van der Waals surface area contributed by atoms with Crippen LogP contribution < -0.4 is 5.32 Å². The number of carbonyl (C=O) groups excluding carboxylic acids is 1. The van der Waals surface area contributed by atoms with Crippen LogP contribution in [-0.4, -0.2) is 30.9 Å². The molecule has 2 aromatic carbocycles. The molecule has 132 valence electrons. The average Bonchev–Trinajstić information content (AvgIpc) is 2.63. The number of rotatable bonds is 5. The van der Waals surface area contributed by atoms with Crippen molar-refractivity contribution in [2.75, 3.05) is 20.1 Å². The van der Waals surface area contributed by atoms with E-state index in [0.29, 0.717) is 12.3 Å². The van der Waals surface area contributed by atoms with Gasteiger partial charge in [-0.15, -0.1) is 0 Å². The van der Waals surface area contributed by atoms with Crippen molar-refractivity contribution in [1.29, 1.82) is 0 Å². The molecule has 1 atom stereocenters. The Morgan fingerprint density at radius 2 is 1.64 bits per heavy atom. The first-order valence-electron chi connectivity index (χ1n) is 9.21. The van der Waals surface area contributed by atoms with Crippen molar-refractivity contribution in [2.45, 2.75) is 32.2 Å². The fourth-order valence-corrected chi connectivity index (χ4v) is 3.51. The predicted octanol–water partition coefficient (Wildman–Crippen LogP) is 3.93. The quantitative estimate of drug-likeness (QED) is 0.897. The van der Waals surface area contributed by atoms with E-state index >= 15 is 0 Å². The third-order valence-electron chi connectivity index (χ3n) is 5.16. The Labute approximate surface area is 151 Å². The summed E-state index contributed by atoms with van der Waals surface area (Å²) in [6.45, 7) is 4.27. The second-order valence-corrected chi connectivity index (χ2v) is 7.27. The third-order valence-corrected chi connectivity index (χ3v) is 5.16. The van der Waals surface area contributed by atoms with E-state index in [9.17, 15) is 4.79 Å². The average molecular weight is 336 g/mol. The molecule has 0 saturated carbocycles. The SMILES string of the molecule is Cc1ccc([C@@H](NC(=O)CC2CCN(C)CC2)c2ccccc2)cc1. The fourth-order valence-electron chi connectivity index (χ4n) is 3.51. The van der Waals surface area contributed by atoms with Gasteiger partial charge in [0.25, 0.3) is 0 Å². The first-order valence-corrected chi connectivity index (χ1v) is 9.21. The zero-order valence-electron chi connectivity index (χ0n) is 15.2. The fraction of sp³-hybridized carbons (Fsp3) is 0.409. The largest absolute Gasteiger partial charge is 0.345 e. The van der Waals surface area contributed by atoms with Crippen molar-refractivity contribution in [3.05, 3.63) is 71.3 Å². The van der Waals surface area contributed by atoms with Gasteiger partial charge in [-0.05, 0) is 56.9 Å². The molecule has 0 radical (unpaired) electrons. The number of piperidine rings is 1. The normalized spacial score (nSPS) is 17.2. The molecule has 3 rings (SSSR count). The Morgan fingerprint density at radius 3 is 2.28 bits per heavy atom. The molecule has 1 fully saturated rings. The lowest BCUT2D eigenvalue weighted by Gasteiger charge is -2.29. The van der Waals surface area contributed by atoms with Gasteiger partial charge in [0.15, 0.2) is 0 Å². The van der Waals surface area contributed by atoms with E-state index in [-0.39, 0.29) is 11.9 Å². The van der Waals surface area contributed by atoms with Crippen LogP contribution in [0.15, 0.2) is 54.6 Å². The summed E-state index contributed by atoms with van der Waals surface area (Å²) in [4.78, 5) is 15.0. The second kappa shape index (κ2) is 8.30. The van der Waals surface area contributed by atoms with Crippen LogP contribution in [0.4, 0.5) is 0 Å². The number of carbonyl (C=O) groups is 1. The molecule has 0 bridgehead atoms. The topological polar surface area (TPSA) is 32.3 Å². The first-order chi connectivity index (χ1) is 12.1. The number of hydrogen-bond donors (Lipinski definition) is 1. The van der Waals surface area contributed by atoms with E-state index in [4.69, 9.17) is 0 Å². The molecule has 3 heteroatoms. The maximum atomic E-state index is 12.7. The van der Waals surface area contributed by atoms with Crippen molar-refractivity contribution in [2.24, 2.45) is 5.92 Å². The van der Waals surface area contributed by atoms with Crippen LogP contribution in [0.2, 0.25) is 0 Å². The number of nitrogens with one attached hydrogen (secondary N) is 1. The van der Waals surface area contributed by atoms with E-state index in [0.717, 1.165) is 37.1 Å². The second-order valence-electron chi connectivity index (χ2n) is 7.27. The van der Waals surface area contributed by atoms with Gasteiger partial charge in [-0.1, -0.05) is 60.2 Å². The number of likely N-dealkylation sites (tertiary alicyclic amines) is 1. The summed E-state index contributed by atoms with van der Waals surface area (Å²) in [5.74, 6) is 0.662. The Bertz CT molecular complexity index is 673. The standard InChI is InChI=1S/C22H28N2O/c1-17-8-10-20(11-9-17)22(19-6-4-3-5-7-19)23-21(25)16-18-12-14-24(2)15-13-18/h3-11,18,22H,12-16H2,1-2H3,(H,23,25)/t22-/m0/s1. The molecule has 3 nitrogen and oxygen atoms in total. The van der Waals surface area contributed by atoms with Gasteiger partial charge in [0.05, 0.1) is 6.04 Å². The van der Waals surface area contributed by atoms with E-state index in [1.54, 1.807) is 0 Å². The van der Waals surface area contributed by atoms with Crippen LogP contribution in [0.3, 0.4) is 0 Å². The summed E-state index contributed by atoms with van der Waals surface area (Å²) in [5.41, 5.74) is 3.49. The van der Waals surface area contributed by atoms with Crippen LogP contribution >= 0.6 is 0 Å². The third kappa shape index (κ3) is 4.93. The molecule has 1 aliphatic heterocycles. The lowest BCUT2D eigenvalue weighted by atomic mass is 9.92. The van der Waals surface area contributed by atoms with Crippen molar-refractivity contribution in [1.82, 2.24) is 10.2 Å². The minimum absolute atomic E-state index is 0.0828. The number of hydrogen-bond acceptors (Lipinski definition) is 2. The molecule has 1 N–H and O–H groups in total. The molecule has 0 aromatic heterocycles. The van der Waals surface area contributed by atoms with Crippen LogP contribution in [0, 0.1) is 12.8 Å². The molecule has 0 aliphatic carbocycles. The molecule has 1 amide bonds. The van der Waals surface area contributed by atoms with Crippen LogP contribution in [0.1, 0.15) is 42.0 Å². The summed E-state index contributed by atoms with van der Waals surface area (Å²) >= 11 is 0. The van der Waals surface area contributed by atoms with Gasteiger partial charge in [-0.2, -0.15) is 0 Å². The van der Waals surface area contributed by atoms with E-state index in [2.05, 4.69) is 60.6 Å². The summed E-state index contributed by atoms with van der Waals surface area (Å²) in [6.07, 6.45) is 2.86.